The lowest BCUT2D eigenvalue weighted by Crippen LogP contribution is -2.40. The van der Waals surface area contributed by atoms with Crippen molar-refractivity contribution in [2.45, 2.75) is 31.5 Å². The topological polar surface area (TPSA) is 57.6 Å². The third-order valence-electron chi connectivity index (χ3n) is 4.68. The first-order valence-electron chi connectivity index (χ1n) is 8.50. The lowest BCUT2D eigenvalue weighted by molar-refractivity contribution is -0.139. The minimum Gasteiger partial charge on any atom is -0.481 e. The summed E-state index contributed by atoms with van der Waals surface area (Å²) >= 11 is 0. The van der Waals surface area contributed by atoms with Gasteiger partial charge >= 0.3 is 12.1 Å². The van der Waals surface area contributed by atoms with Gasteiger partial charge in [-0.3, -0.25) is 9.59 Å². The molecule has 0 bridgehead atoms. The van der Waals surface area contributed by atoms with Crippen LogP contribution in [0.1, 0.15) is 39.4 Å². The third-order valence-corrected chi connectivity index (χ3v) is 4.68. The molecule has 1 aliphatic heterocycles. The molecule has 0 saturated heterocycles. The van der Waals surface area contributed by atoms with Gasteiger partial charge in [0.2, 0.25) is 0 Å². The van der Waals surface area contributed by atoms with Gasteiger partial charge < -0.3 is 10.0 Å². The van der Waals surface area contributed by atoms with Gasteiger partial charge in [0.1, 0.15) is 0 Å². The van der Waals surface area contributed by atoms with E-state index in [2.05, 4.69) is 0 Å². The predicted octanol–water partition coefficient (Wildman–Crippen LogP) is 4.01. The Labute approximate surface area is 154 Å². The zero-order chi connectivity index (χ0) is 19.6. The Balaban J connectivity index is 1.75. The van der Waals surface area contributed by atoms with Crippen LogP contribution in [-0.4, -0.2) is 34.6 Å². The summed E-state index contributed by atoms with van der Waals surface area (Å²) < 4.78 is 36.9. The number of hydrogen-bond acceptors (Lipinski definition) is 2. The van der Waals surface area contributed by atoms with E-state index in [-0.39, 0.29) is 18.9 Å². The number of carboxylic acid groups (broad SMARTS) is 1. The standard InChI is InChI=1S/C20H18F3NO3/c21-20(22,23)10-9-13-5-7-14(8-6-13)18(25)24-11-15-3-1-2-4-16(15)17(12-24)19(26)27/h1-8,17H,9-12H2,(H,26,27). The minimum absolute atomic E-state index is 0.0566. The number of carboxylic acids is 1. The lowest BCUT2D eigenvalue weighted by atomic mass is 9.89. The first-order valence-corrected chi connectivity index (χ1v) is 8.50. The van der Waals surface area contributed by atoms with E-state index < -0.39 is 24.5 Å². The molecule has 7 heteroatoms. The Kier molecular flexibility index (Phi) is 5.21. The van der Waals surface area contributed by atoms with Crippen LogP contribution in [0.4, 0.5) is 13.2 Å². The highest BCUT2D eigenvalue weighted by atomic mass is 19.4. The van der Waals surface area contributed by atoms with Crippen molar-refractivity contribution >= 4 is 11.9 Å². The van der Waals surface area contributed by atoms with Crippen LogP contribution in [0.3, 0.4) is 0 Å². The molecule has 27 heavy (non-hydrogen) atoms. The number of alkyl halides is 3. The van der Waals surface area contributed by atoms with Crippen LogP contribution in [-0.2, 0) is 17.8 Å². The zero-order valence-corrected chi connectivity index (χ0v) is 14.4. The molecule has 1 atom stereocenters. The summed E-state index contributed by atoms with van der Waals surface area (Å²) in [6.45, 7) is 0.357. The maximum atomic E-state index is 12.8. The van der Waals surface area contributed by atoms with Crippen molar-refractivity contribution in [2.24, 2.45) is 0 Å². The smallest absolute Gasteiger partial charge is 0.389 e. The summed E-state index contributed by atoms with van der Waals surface area (Å²) in [7, 11) is 0. The maximum absolute atomic E-state index is 12.8. The summed E-state index contributed by atoms with van der Waals surface area (Å²) in [6.07, 6.45) is -5.28. The fourth-order valence-corrected chi connectivity index (χ4v) is 3.26. The number of carbonyl (C=O) groups excluding carboxylic acids is 1. The Bertz CT molecular complexity index is 846. The van der Waals surface area contributed by atoms with Gasteiger partial charge in [0.05, 0.1) is 5.92 Å². The highest BCUT2D eigenvalue weighted by Gasteiger charge is 2.32. The van der Waals surface area contributed by atoms with Crippen molar-refractivity contribution in [3.63, 3.8) is 0 Å². The van der Waals surface area contributed by atoms with E-state index in [1.807, 2.05) is 0 Å². The molecular formula is C20H18F3NO3. The first kappa shape index (κ1) is 18.9. The van der Waals surface area contributed by atoms with Crippen molar-refractivity contribution in [1.82, 2.24) is 4.90 Å². The molecule has 1 heterocycles. The van der Waals surface area contributed by atoms with E-state index in [9.17, 15) is 27.9 Å². The number of halogens is 3. The average molecular weight is 377 g/mol. The molecule has 1 N–H and O–H groups in total. The Morgan fingerprint density at radius 1 is 1.07 bits per heavy atom. The second-order valence-electron chi connectivity index (χ2n) is 6.59. The molecule has 0 aliphatic carbocycles. The molecule has 4 nitrogen and oxygen atoms in total. The van der Waals surface area contributed by atoms with Crippen molar-refractivity contribution < 1.29 is 27.9 Å². The monoisotopic (exact) mass is 377 g/mol. The van der Waals surface area contributed by atoms with Crippen LogP contribution in [0.25, 0.3) is 0 Å². The SMILES string of the molecule is O=C(O)C1CN(C(=O)c2ccc(CCC(F)(F)F)cc2)Cc2ccccc21. The molecule has 1 unspecified atom stereocenters. The van der Waals surface area contributed by atoms with Gasteiger partial charge in [-0.15, -0.1) is 0 Å². The normalized spacial score (nSPS) is 16.7. The van der Waals surface area contributed by atoms with Crippen LogP contribution in [0.5, 0.6) is 0 Å². The van der Waals surface area contributed by atoms with E-state index in [1.165, 1.54) is 29.2 Å². The van der Waals surface area contributed by atoms with Crippen LogP contribution in [0, 0.1) is 0 Å². The minimum atomic E-state index is -4.22. The largest absolute Gasteiger partial charge is 0.481 e. The lowest BCUT2D eigenvalue weighted by Gasteiger charge is -2.33. The Hall–Kier alpha value is -2.83. The van der Waals surface area contributed by atoms with Gasteiger partial charge in [0.25, 0.3) is 5.91 Å². The summed E-state index contributed by atoms with van der Waals surface area (Å²) in [5.41, 5.74) is 2.31. The van der Waals surface area contributed by atoms with E-state index in [4.69, 9.17) is 0 Å². The summed E-state index contributed by atoms with van der Waals surface area (Å²) in [5, 5.41) is 9.49. The molecular weight excluding hydrogens is 359 g/mol. The number of aliphatic carboxylic acids is 1. The molecule has 0 spiro atoms. The van der Waals surface area contributed by atoms with Gasteiger partial charge in [0.15, 0.2) is 0 Å². The Morgan fingerprint density at radius 3 is 2.37 bits per heavy atom. The number of nitrogens with zero attached hydrogens (tertiary/aromatic N) is 1. The number of fused-ring (bicyclic) bond motifs is 1. The molecule has 0 radical (unpaired) electrons. The number of rotatable bonds is 4. The predicted molar refractivity (Wildman–Crippen MR) is 92.4 cm³/mol. The van der Waals surface area contributed by atoms with E-state index in [0.717, 1.165) is 5.56 Å². The molecule has 0 fully saturated rings. The maximum Gasteiger partial charge on any atom is 0.389 e. The van der Waals surface area contributed by atoms with Crippen LogP contribution >= 0.6 is 0 Å². The van der Waals surface area contributed by atoms with E-state index in [0.29, 0.717) is 23.2 Å². The molecule has 2 aromatic rings. The van der Waals surface area contributed by atoms with Gasteiger partial charge in [-0.1, -0.05) is 36.4 Å². The number of benzene rings is 2. The number of hydrogen-bond donors (Lipinski definition) is 1. The van der Waals surface area contributed by atoms with Crippen molar-refractivity contribution in [2.75, 3.05) is 6.54 Å². The first-order chi connectivity index (χ1) is 12.7. The van der Waals surface area contributed by atoms with Crippen molar-refractivity contribution in [3.8, 4) is 0 Å². The average Bonchev–Trinajstić information content (AvgIpc) is 2.64. The molecule has 1 amide bonds. The molecule has 0 saturated carbocycles. The van der Waals surface area contributed by atoms with Gasteiger partial charge in [-0.05, 0) is 35.2 Å². The number of carbonyl (C=O) groups is 2. The zero-order valence-electron chi connectivity index (χ0n) is 14.4. The van der Waals surface area contributed by atoms with Crippen LogP contribution in [0.2, 0.25) is 0 Å². The van der Waals surface area contributed by atoms with Crippen molar-refractivity contribution in [1.29, 1.82) is 0 Å². The quantitative estimate of drug-likeness (QED) is 0.876. The summed E-state index contributed by atoms with van der Waals surface area (Å²) in [5.74, 6) is -2.13. The van der Waals surface area contributed by atoms with Gasteiger partial charge in [-0.2, -0.15) is 13.2 Å². The van der Waals surface area contributed by atoms with E-state index >= 15 is 0 Å². The second-order valence-corrected chi connectivity index (χ2v) is 6.59. The third kappa shape index (κ3) is 4.48. The highest BCUT2D eigenvalue weighted by molar-refractivity contribution is 5.95. The van der Waals surface area contributed by atoms with Gasteiger partial charge in [0, 0.05) is 25.1 Å². The van der Waals surface area contributed by atoms with Crippen LogP contribution in [0.15, 0.2) is 48.5 Å². The fourth-order valence-electron chi connectivity index (χ4n) is 3.26. The molecule has 142 valence electrons. The summed E-state index contributed by atoms with van der Waals surface area (Å²) in [6, 6.07) is 13.1. The van der Waals surface area contributed by atoms with Gasteiger partial charge in [-0.25, -0.2) is 0 Å². The molecule has 1 aliphatic rings. The summed E-state index contributed by atoms with van der Waals surface area (Å²) in [4.78, 5) is 25.8. The van der Waals surface area contributed by atoms with E-state index in [1.54, 1.807) is 24.3 Å². The fraction of sp³-hybridized carbons (Fsp3) is 0.300. The highest BCUT2D eigenvalue weighted by Crippen LogP contribution is 2.29. The molecule has 0 aromatic heterocycles. The molecule has 3 rings (SSSR count). The molecule has 2 aromatic carbocycles. The van der Waals surface area contributed by atoms with Crippen molar-refractivity contribution in [3.05, 3.63) is 70.8 Å². The second kappa shape index (κ2) is 7.42. The Morgan fingerprint density at radius 2 is 1.74 bits per heavy atom. The number of amides is 1. The van der Waals surface area contributed by atoms with Crippen LogP contribution < -0.4 is 0 Å². The number of aryl methyl sites for hydroxylation is 1.